The number of rotatable bonds is 6. The standard InChI is InChI=1S/C19H26Cl2N6O4/c20-12-8-22-19(23-9-12)27-5-3-26(4-6-27)16(28)7-13-1-2-14(31-13)11-30-15-10-24-25-18(29)17(15)21/h8-9,13-15,17,24H,1-7,10-11H2,(H,25,29)/t13-,14-,15?,17?/m0/s1. The Labute approximate surface area is 190 Å². The molecule has 1 aromatic heterocycles. The number of hydrogen-bond donors (Lipinski definition) is 2. The van der Waals surface area contributed by atoms with Crippen molar-refractivity contribution >= 4 is 41.0 Å². The molecule has 3 aliphatic rings. The van der Waals surface area contributed by atoms with Crippen LogP contribution in [0.2, 0.25) is 5.02 Å². The highest BCUT2D eigenvalue weighted by Crippen LogP contribution is 2.24. The molecule has 0 bridgehead atoms. The van der Waals surface area contributed by atoms with E-state index in [2.05, 4.69) is 20.8 Å². The molecule has 4 atom stereocenters. The van der Waals surface area contributed by atoms with E-state index < -0.39 is 11.5 Å². The fourth-order valence-electron chi connectivity index (χ4n) is 3.96. The number of carbonyl (C=O) groups is 2. The van der Waals surface area contributed by atoms with Gasteiger partial charge in [-0.1, -0.05) is 11.6 Å². The van der Waals surface area contributed by atoms with E-state index in [-0.39, 0.29) is 24.0 Å². The Bertz CT molecular complexity index is 777. The van der Waals surface area contributed by atoms with Crippen LogP contribution >= 0.6 is 23.2 Å². The summed E-state index contributed by atoms with van der Waals surface area (Å²) in [5.41, 5.74) is 5.23. The van der Waals surface area contributed by atoms with Crippen LogP contribution in [0.5, 0.6) is 0 Å². The molecule has 2 amide bonds. The zero-order chi connectivity index (χ0) is 21.8. The van der Waals surface area contributed by atoms with Crippen LogP contribution in [0.15, 0.2) is 12.4 Å². The van der Waals surface area contributed by atoms with Crippen LogP contribution in [0.3, 0.4) is 0 Å². The second-order valence-corrected chi connectivity index (χ2v) is 8.78. The van der Waals surface area contributed by atoms with Gasteiger partial charge in [0, 0.05) is 32.7 Å². The molecule has 12 heteroatoms. The number of anilines is 1. The maximum Gasteiger partial charge on any atom is 0.254 e. The molecule has 4 rings (SSSR count). The predicted molar refractivity (Wildman–Crippen MR) is 114 cm³/mol. The van der Waals surface area contributed by atoms with E-state index in [1.165, 1.54) is 0 Å². The molecule has 3 aliphatic heterocycles. The fourth-order valence-corrected chi connectivity index (χ4v) is 4.27. The van der Waals surface area contributed by atoms with E-state index in [1.807, 2.05) is 9.80 Å². The van der Waals surface area contributed by atoms with Crippen LogP contribution in [0.1, 0.15) is 19.3 Å². The average Bonchev–Trinajstić information content (AvgIpc) is 3.22. The quantitative estimate of drug-likeness (QED) is 0.570. The molecule has 2 unspecified atom stereocenters. The van der Waals surface area contributed by atoms with Crippen molar-refractivity contribution < 1.29 is 19.1 Å². The highest BCUT2D eigenvalue weighted by atomic mass is 35.5. The van der Waals surface area contributed by atoms with Crippen LogP contribution in [0.25, 0.3) is 0 Å². The third kappa shape index (κ3) is 5.75. The minimum atomic E-state index is -0.725. The lowest BCUT2D eigenvalue weighted by molar-refractivity contribution is -0.136. The summed E-state index contributed by atoms with van der Waals surface area (Å²) >= 11 is 11.9. The van der Waals surface area contributed by atoms with Crippen molar-refractivity contribution in [1.29, 1.82) is 0 Å². The first-order valence-corrected chi connectivity index (χ1v) is 11.2. The summed E-state index contributed by atoms with van der Waals surface area (Å²) in [6.07, 6.45) is 4.53. The molecule has 10 nitrogen and oxygen atoms in total. The third-order valence-corrected chi connectivity index (χ3v) is 6.38. The molecular formula is C19H26Cl2N6O4. The molecule has 0 spiro atoms. The fraction of sp³-hybridized carbons (Fsp3) is 0.684. The minimum absolute atomic E-state index is 0.0921. The molecule has 0 radical (unpaired) electrons. The number of hydrazine groups is 1. The monoisotopic (exact) mass is 472 g/mol. The first-order chi connectivity index (χ1) is 15.0. The van der Waals surface area contributed by atoms with Gasteiger partial charge >= 0.3 is 0 Å². The number of aromatic nitrogens is 2. The highest BCUT2D eigenvalue weighted by Gasteiger charge is 2.34. The lowest BCUT2D eigenvalue weighted by Gasteiger charge is -2.35. The number of ether oxygens (including phenoxy) is 2. The van der Waals surface area contributed by atoms with Gasteiger partial charge in [-0.15, -0.1) is 11.6 Å². The Kier molecular flexibility index (Phi) is 7.44. The number of carbonyl (C=O) groups excluding carboxylic acids is 2. The molecule has 3 saturated heterocycles. The molecule has 2 N–H and O–H groups in total. The molecule has 0 saturated carbocycles. The largest absolute Gasteiger partial charge is 0.372 e. The predicted octanol–water partition coefficient (Wildman–Crippen LogP) is 0.343. The number of nitrogens with one attached hydrogen (secondary N) is 2. The van der Waals surface area contributed by atoms with Gasteiger partial charge in [-0.2, -0.15) is 0 Å². The minimum Gasteiger partial charge on any atom is -0.372 e. The number of halogens is 2. The molecule has 170 valence electrons. The van der Waals surface area contributed by atoms with Crippen molar-refractivity contribution in [3.63, 3.8) is 0 Å². The summed E-state index contributed by atoms with van der Waals surface area (Å²) in [6.45, 7) is 3.40. The van der Waals surface area contributed by atoms with Crippen molar-refractivity contribution in [2.45, 2.75) is 43.0 Å². The van der Waals surface area contributed by atoms with Crippen molar-refractivity contribution in [3.8, 4) is 0 Å². The van der Waals surface area contributed by atoms with Crippen LogP contribution in [-0.4, -0.2) is 89.7 Å². The van der Waals surface area contributed by atoms with E-state index in [4.69, 9.17) is 32.7 Å². The summed E-state index contributed by atoms with van der Waals surface area (Å²) in [6, 6.07) is 0. The normalized spacial score (nSPS) is 29.2. The Balaban J connectivity index is 1.17. The zero-order valence-electron chi connectivity index (χ0n) is 17.0. The number of nitrogens with zero attached hydrogens (tertiary/aromatic N) is 4. The molecule has 0 aromatic carbocycles. The summed E-state index contributed by atoms with van der Waals surface area (Å²) < 4.78 is 11.8. The molecule has 0 aliphatic carbocycles. The topological polar surface area (TPSA) is 109 Å². The van der Waals surface area contributed by atoms with Gasteiger partial charge < -0.3 is 19.3 Å². The van der Waals surface area contributed by atoms with Gasteiger partial charge in [0.05, 0.1) is 48.8 Å². The summed E-state index contributed by atoms with van der Waals surface area (Å²) in [7, 11) is 0. The van der Waals surface area contributed by atoms with Crippen molar-refractivity contribution in [2.24, 2.45) is 0 Å². The summed E-state index contributed by atoms with van der Waals surface area (Å²) in [5.74, 6) is 0.428. The van der Waals surface area contributed by atoms with E-state index in [1.54, 1.807) is 12.4 Å². The zero-order valence-corrected chi connectivity index (χ0v) is 18.5. The number of amides is 2. The lowest BCUT2D eigenvalue weighted by atomic mass is 10.1. The van der Waals surface area contributed by atoms with E-state index >= 15 is 0 Å². The van der Waals surface area contributed by atoms with Crippen molar-refractivity contribution in [2.75, 3.05) is 44.2 Å². The third-order valence-electron chi connectivity index (χ3n) is 5.71. The Morgan fingerprint density at radius 1 is 1.19 bits per heavy atom. The molecule has 4 heterocycles. The van der Waals surface area contributed by atoms with Crippen molar-refractivity contribution in [1.82, 2.24) is 25.7 Å². The number of piperazine rings is 1. The van der Waals surface area contributed by atoms with Gasteiger partial charge in [-0.3, -0.25) is 15.0 Å². The Morgan fingerprint density at radius 2 is 1.90 bits per heavy atom. The van der Waals surface area contributed by atoms with Gasteiger partial charge in [-0.25, -0.2) is 15.4 Å². The summed E-state index contributed by atoms with van der Waals surface area (Å²) in [5, 5.41) is -0.224. The van der Waals surface area contributed by atoms with Crippen LogP contribution in [0.4, 0.5) is 5.95 Å². The second kappa shape index (κ2) is 10.3. The number of hydrogen-bond acceptors (Lipinski definition) is 8. The van der Waals surface area contributed by atoms with Crippen LogP contribution in [-0.2, 0) is 19.1 Å². The molecule has 3 fully saturated rings. The lowest BCUT2D eigenvalue weighted by Crippen LogP contribution is -2.57. The molecule has 31 heavy (non-hydrogen) atoms. The van der Waals surface area contributed by atoms with Gasteiger partial charge in [0.15, 0.2) is 0 Å². The van der Waals surface area contributed by atoms with Crippen LogP contribution < -0.4 is 15.8 Å². The van der Waals surface area contributed by atoms with Gasteiger partial charge in [-0.05, 0) is 12.8 Å². The smallest absolute Gasteiger partial charge is 0.254 e. The van der Waals surface area contributed by atoms with Gasteiger partial charge in [0.25, 0.3) is 5.91 Å². The first-order valence-electron chi connectivity index (χ1n) is 10.4. The maximum atomic E-state index is 12.7. The SMILES string of the molecule is O=C1NNCC(OC[C@@H]2CC[C@@H](CC(=O)N3CCN(c4ncc(Cl)cn4)CC3)O2)C1Cl. The number of alkyl halides is 1. The van der Waals surface area contributed by atoms with E-state index in [0.717, 1.165) is 12.8 Å². The van der Waals surface area contributed by atoms with Gasteiger partial charge in [0.1, 0.15) is 5.38 Å². The van der Waals surface area contributed by atoms with Crippen molar-refractivity contribution in [3.05, 3.63) is 17.4 Å². The van der Waals surface area contributed by atoms with Crippen LogP contribution in [0, 0.1) is 0 Å². The highest BCUT2D eigenvalue weighted by molar-refractivity contribution is 6.31. The van der Waals surface area contributed by atoms with Gasteiger partial charge in [0.2, 0.25) is 11.9 Å². The summed E-state index contributed by atoms with van der Waals surface area (Å²) in [4.78, 5) is 36.7. The second-order valence-electron chi connectivity index (χ2n) is 7.87. The molecular weight excluding hydrogens is 447 g/mol. The Hall–Kier alpha value is -1.72. The molecule has 1 aromatic rings. The Morgan fingerprint density at radius 3 is 2.65 bits per heavy atom. The first kappa shape index (κ1) is 22.5. The maximum absolute atomic E-state index is 12.7. The average molecular weight is 473 g/mol. The van der Waals surface area contributed by atoms with E-state index in [9.17, 15) is 9.59 Å². The van der Waals surface area contributed by atoms with E-state index in [0.29, 0.717) is 56.7 Å².